The van der Waals surface area contributed by atoms with E-state index in [2.05, 4.69) is 0 Å². The van der Waals surface area contributed by atoms with Gasteiger partial charge in [-0.05, 0) is 25.0 Å². The minimum Gasteiger partial charge on any atom is -0.496 e. The van der Waals surface area contributed by atoms with Crippen LogP contribution in [0.15, 0.2) is 12.1 Å². The van der Waals surface area contributed by atoms with Gasteiger partial charge in [-0.25, -0.2) is 4.79 Å². The summed E-state index contributed by atoms with van der Waals surface area (Å²) in [6.07, 6.45) is 0. The summed E-state index contributed by atoms with van der Waals surface area (Å²) in [7, 11) is 2.91. The van der Waals surface area contributed by atoms with E-state index in [-0.39, 0.29) is 5.97 Å². The summed E-state index contributed by atoms with van der Waals surface area (Å²) in [4.78, 5) is 11.5. The van der Waals surface area contributed by atoms with Gasteiger partial charge in [-0.2, -0.15) is 0 Å². The van der Waals surface area contributed by atoms with E-state index in [1.807, 2.05) is 26.0 Å². The van der Waals surface area contributed by atoms with E-state index in [4.69, 9.17) is 9.47 Å². The smallest absolute Gasteiger partial charge is 0.341 e. The van der Waals surface area contributed by atoms with Crippen LogP contribution in [0.5, 0.6) is 5.75 Å². The first-order valence-electron chi connectivity index (χ1n) is 4.34. The van der Waals surface area contributed by atoms with Crippen molar-refractivity contribution in [2.24, 2.45) is 0 Å². The van der Waals surface area contributed by atoms with Crippen LogP contribution in [0.25, 0.3) is 0 Å². The zero-order valence-corrected chi connectivity index (χ0v) is 8.88. The van der Waals surface area contributed by atoms with Gasteiger partial charge in [0.05, 0.1) is 14.2 Å². The van der Waals surface area contributed by atoms with Gasteiger partial charge < -0.3 is 9.47 Å². The van der Waals surface area contributed by atoms with Gasteiger partial charge in [-0.1, -0.05) is 12.1 Å². The maximum atomic E-state index is 11.5. The van der Waals surface area contributed by atoms with Crippen molar-refractivity contribution in [2.75, 3.05) is 14.2 Å². The second-order valence-corrected chi connectivity index (χ2v) is 3.10. The lowest BCUT2D eigenvalue weighted by Crippen LogP contribution is -2.07. The van der Waals surface area contributed by atoms with E-state index in [0.29, 0.717) is 11.3 Å². The molecule has 1 rings (SSSR count). The summed E-state index contributed by atoms with van der Waals surface area (Å²) in [6, 6.07) is 3.80. The Balaban J connectivity index is 3.37. The maximum Gasteiger partial charge on any atom is 0.341 e. The predicted molar refractivity (Wildman–Crippen MR) is 53.8 cm³/mol. The van der Waals surface area contributed by atoms with Crippen molar-refractivity contribution in [2.45, 2.75) is 13.8 Å². The van der Waals surface area contributed by atoms with Crippen molar-refractivity contribution in [3.63, 3.8) is 0 Å². The van der Waals surface area contributed by atoms with Crippen molar-refractivity contribution in [3.05, 3.63) is 28.8 Å². The van der Waals surface area contributed by atoms with Gasteiger partial charge in [0.2, 0.25) is 0 Å². The number of aryl methyl sites for hydroxylation is 2. The molecule has 0 aromatic heterocycles. The molecule has 0 radical (unpaired) electrons. The van der Waals surface area contributed by atoms with Gasteiger partial charge >= 0.3 is 5.97 Å². The summed E-state index contributed by atoms with van der Waals surface area (Å²) >= 11 is 0. The molecule has 1 aromatic rings. The summed E-state index contributed by atoms with van der Waals surface area (Å²) in [5.74, 6) is 0.236. The molecule has 0 saturated heterocycles. The average Bonchev–Trinajstić information content (AvgIpc) is 2.19. The van der Waals surface area contributed by atoms with Gasteiger partial charge in [-0.15, -0.1) is 0 Å². The molecule has 0 spiro atoms. The second kappa shape index (κ2) is 4.13. The first kappa shape index (κ1) is 10.6. The van der Waals surface area contributed by atoms with Gasteiger partial charge in [0.1, 0.15) is 11.3 Å². The number of hydrogen-bond donors (Lipinski definition) is 0. The number of carbonyl (C=O) groups is 1. The Labute approximate surface area is 83.6 Å². The number of esters is 1. The third-order valence-corrected chi connectivity index (χ3v) is 2.16. The molecule has 0 aliphatic carbocycles. The minimum absolute atomic E-state index is 0.358. The maximum absolute atomic E-state index is 11.5. The predicted octanol–water partition coefficient (Wildman–Crippen LogP) is 2.10. The Morgan fingerprint density at radius 3 is 2.21 bits per heavy atom. The van der Waals surface area contributed by atoms with Crippen LogP contribution in [-0.2, 0) is 4.74 Å². The van der Waals surface area contributed by atoms with E-state index in [0.717, 1.165) is 11.1 Å². The van der Waals surface area contributed by atoms with Crippen molar-refractivity contribution < 1.29 is 14.3 Å². The summed E-state index contributed by atoms with van der Waals surface area (Å²) < 4.78 is 9.87. The third kappa shape index (κ3) is 1.71. The standard InChI is InChI=1S/C11H14O3/c1-7-5-6-8(2)10(13-3)9(7)11(12)14-4/h5-6H,1-4H3. The van der Waals surface area contributed by atoms with Gasteiger partial charge in [-0.3, -0.25) is 0 Å². The lowest BCUT2D eigenvalue weighted by molar-refractivity contribution is 0.0596. The Bertz CT molecular complexity index is 356. The van der Waals surface area contributed by atoms with E-state index >= 15 is 0 Å². The Morgan fingerprint density at radius 1 is 1.14 bits per heavy atom. The highest BCUT2D eigenvalue weighted by Crippen LogP contribution is 2.26. The fourth-order valence-electron chi connectivity index (χ4n) is 1.40. The molecule has 0 heterocycles. The molecule has 0 saturated carbocycles. The quantitative estimate of drug-likeness (QED) is 0.676. The number of hydrogen-bond acceptors (Lipinski definition) is 3. The lowest BCUT2D eigenvalue weighted by Gasteiger charge is -2.11. The highest BCUT2D eigenvalue weighted by Gasteiger charge is 2.17. The summed E-state index contributed by atoms with van der Waals surface area (Å²) in [5.41, 5.74) is 2.30. The van der Waals surface area contributed by atoms with Gasteiger partial charge in [0.25, 0.3) is 0 Å². The van der Waals surface area contributed by atoms with Crippen LogP contribution < -0.4 is 4.74 Å². The van der Waals surface area contributed by atoms with Crippen LogP contribution in [0, 0.1) is 13.8 Å². The molecule has 14 heavy (non-hydrogen) atoms. The topological polar surface area (TPSA) is 35.5 Å². The zero-order chi connectivity index (χ0) is 10.7. The Morgan fingerprint density at radius 2 is 1.71 bits per heavy atom. The van der Waals surface area contributed by atoms with Crippen molar-refractivity contribution in [1.82, 2.24) is 0 Å². The summed E-state index contributed by atoms with van der Waals surface area (Å²) in [5, 5.41) is 0. The molecule has 76 valence electrons. The van der Waals surface area contributed by atoms with E-state index < -0.39 is 0 Å². The molecule has 0 fully saturated rings. The fourth-order valence-corrected chi connectivity index (χ4v) is 1.40. The van der Waals surface area contributed by atoms with Crippen molar-refractivity contribution >= 4 is 5.97 Å². The van der Waals surface area contributed by atoms with Crippen LogP contribution in [0.1, 0.15) is 21.5 Å². The van der Waals surface area contributed by atoms with Crippen molar-refractivity contribution in [3.8, 4) is 5.75 Å². The van der Waals surface area contributed by atoms with Crippen LogP contribution >= 0.6 is 0 Å². The number of carbonyl (C=O) groups excluding carboxylic acids is 1. The van der Waals surface area contributed by atoms with Crippen LogP contribution in [0.2, 0.25) is 0 Å². The summed E-state index contributed by atoms with van der Waals surface area (Å²) in [6.45, 7) is 3.75. The number of rotatable bonds is 2. The van der Waals surface area contributed by atoms with Crippen LogP contribution in [-0.4, -0.2) is 20.2 Å². The van der Waals surface area contributed by atoms with E-state index in [1.165, 1.54) is 7.11 Å². The molecule has 0 unspecified atom stereocenters. The highest BCUT2D eigenvalue weighted by atomic mass is 16.5. The van der Waals surface area contributed by atoms with Crippen molar-refractivity contribution in [1.29, 1.82) is 0 Å². The monoisotopic (exact) mass is 194 g/mol. The fraction of sp³-hybridized carbons (Fsp3) is 0.364. The minimum atomic E-state index is -0.358. The molecule has 0 bridgehead atoms. The number of ether oxygens (including phenoxy) is 2. The van der Waals surface area contributed by atoms with Gasteiger partial charge in [0, 0.05) is 0 Å². The lowest BCUT2D eigenvalue weighted by atomic mass is 10.0. The normalized spacial score (nSPS) is 9.71. The first-order chi connectivity index (χ1) is 6.61. The highest BCUT2D eigenvalue weighted by molar-refractivity contribution is 5.94. The van der Waals surface area contributed by atoms with Crippen LogP contribution in [0.3, 0.4) is 0 Å². The second-order valence-electron chi connectivity index (χ2n) is 3.10. The van der Waals surface area contributed by atoms with E-state index in [9.17, 15) is 4.79 Å². The molecule has 3 heteroatoms. The zero-order valence-electron chi connectivity index (χ0n) is 8.88. The molecule has 0 atom stereocenters. The third-order valence-electron chi connectivity index (χ3n) is 2.16. The molecule has 0 aliphatic rings. The molecule has 3 nitrogen and oxygen atoms in total. The average molecular weight is 194 g/mol. The molecule has 0 aliphatic heterocycles. The number of benzene rings is 1. The molecule has 0 N–H and O–H groups in total. The largest absolute Gasteiger partial charge is 0.496 e. The SMILES string of the molecule is COC(=O)c1c(C)ccc(C)c1OC. The first-order valence-corrected chi connectivity index (χ1v) is 4.34. The van der Waals surface area contributed by atoms with Gasteiger partial charge in [0.15, 0.2) is 0 Å². The molecule has 1 aromatic carbocycles. The Hall–Kier alpha value is -1.51. The number of methoxy groups -OCH3 is 2. The Kier molecular flexibility index (Phi) is 3.12. The van der Waals surface area contributed by atoms with E-state index in [1.54, 1.807) is 7.11 Å². The van der Waals surface area contributed by atoms with Crippen LogP contribution in [0.4, 0.5) is 0 Å². The molecule has 0 amide bonds. The molecular weight excluding hydrogens is 180 g/mol. The molecular formula is C11H14O3.